The Labute approximate surface area is 115 Å². The molecule has 0 N–H and O–H groups in total. The normalized spacial score (nSPS) is 18.4. The largest absolute Gasteiger partial charge is 0.306 e. The molecule has 1 aromatic carbocycles. The summed E-state index contributed by atoms with van der Waals surface area (Å²) in [7, 11) is 4.40. The van der Waals surface area contributed by atoms with Crippen LogP contribution in [0.4, 0.5) is 0 Å². The molecular formula is C15H24N2S. The SMILES string of the molecule is CN(C)C1CCN(CCSc2ccccc2)CC1. The third kappa shape index (κ3) is 4.30. The molecule has 1 aromatic rings. The first-order chi connectivity index (χ1) is 8.75. The second kappa shape index (κ2) is 7.17. The molecule has 0 radical (unpaired) electrons. The summed E-state index contributed by atoms with van der Waals surface area (Å²) in [6.07, 6.45) is 2.64. The molecule has 1 saturated heterocycles. The molecule has 3 heteroatoms. The van der Waals surface area contributed by atoms with E-state index in [9.17, 15) is 0 Å². The maximum atomic E-state index is 2.61. The van der Waals surface area contributed by atoms with E-state index in [2.05, 4.69) is 54.2 Å². The first-order valence-electron chi connectivity index (χ1n) is 6.82. The molecule has 0 amide bonds. The van der Waals surface area contributed by atoms with Crippen molar-refractivity contribution in [2.45, 2.75) is 23.8 Å². The third-order valence-electron chi connectivity index (χ3n) is 3.71. The fourth-order valence-corrected chi connectivity index (χ4v) is 3.40. The van der Waals surface area contributed by atoms with Crippen LogP contribution in [0.1, 0.15) is 12.8 Å². The third-order valence-corrected chi connectivity index (χ3v) is 4.70. The number of piperidine rings is 1. The van der Waals surface area contributed by atoms with Gasteiger partial charge in [-0.05, 0) is 52.2 Å². The van der Waals surface area contributed by atoms with Gasteiger partial charge in [-0.25, -0.2) is 0 Å². The maximum absolute atomic E-state index is 2.61. The van der Waals surface area contributed by atoms with Crippen LogP contribution in [0.25, 0.3) is 0 Å². The van der Waals surface area contributed by atoms with Crippen molar-refractivity contribution in [3.05, 3.63) is 30.3 Å². The van der Waals surface area contributed by atoms with Crippen LogP contribution >= 0.6 is 11.8 Å². The van der Waals surface area contributed by atoms with Crippen molar-refractivity contribution in [1.82, 2.24) is 9.80 Å². The Hall–Kier alpha value is -0.510. The molecule has 0 unspecified atom stereocenters. The Morgan fingerprint density at radius 2 is 1.83 bits per heavy atom. The smallest absolute Gasteiger partial charge is 0.0113 e. The molecule has 0 bridgehead atoms. The number of thioether (sulfide) groups is 1. The number of hydrogen-bond acceptors (Lipinski definition) is 3. The first-order valence-corrected chi connectivity index (χ1v) is 7.81. The molecule has 0 spiro atoms. The van der Waals surface area contributed by atoms with Gasteiger partial charge in [-0.1, -0.05) is 18.2 Å². The highest BCUT2D eigenvalue weighted by atomic mass is 32.2. The summed E-state index contributed by atoms with van der Waals surface area (Å²) in [5.41, 5.74) is 0. The standard InChI is InChI=1S/C15H24N2S/c1-16(2)14-8-10-17(11-9-14)12-13-18-15-6-4-3-5-7-15/h3-7,14H,8-13H2,1-2H3. The Kier molecular flexibility index (Phi) is 5.54. The molecule has 0 aliphatic carbocycles. The van der Waals surface area contributed by atoms with Crippen LogP contribution < -0.4 is 0 Å². The zero-order valence-electron chi connectivity index (χ0n) is 11.5. The van der Waals surface area contributed by atoms with Crippen LogP contribution in [-0.2, 0) is 0 Å². The van der Waals surface area contributed by atoms with Gasteiger partial charge in [-0.2, -0.15) is 0 Å². The molecule has 0 saturated carbocycles. The summed E-state index contributed by atoms with van der Waals surface area (Å²) in [5, 5.41) is 0. The van der Waals surface area contributed by atoms with E-state index in [-0.39, 0.29) is 0 Å². The second-order valence-electron chi connectivity index (χ2n) is 5.20. The van der Waals surface area contributed by atoms with Crippen molar-refractivity contribution in [2.24, 2.45) is 0 Å². The van der Waals surface area contributed by atoms with Crippen molar-refractivity contribution in [3.63, 3.8) is 0 Å². The number of nitrogens with zero attached hydrogens (tertiary/aromatic N) is 2. The maximum Gasteiger partial charge on any atom is 0.0113 e. The lowest BCUT2D eigenvalue weighted by atomic mass is 10.0. The zero-order valence-corrected chi connectivity index (χ0v) is 12.3. The molecule has 1 heterocycles. The van der Waals surface area contributed by atoms with E-state index in [1.807, 2.05) is 11.8 Å². The van der Waals surface area contributed by atoms with Crippen LogP contribution in [0.5, 0.6) is 0 Å². The van der Waals surface area contributed by atoms with E-state index in [1.165, 1.54) is 43.1 Å². The highest BCUT2D eigenvalue weighted by molar-refractivity contribution is 7.99. The quantitative estimate of drug-likeness (QED) is 0.755. The molecule has 0 atom stereocenters. The lowest BCUT2D eigenvalue weighted by Gasteiger charge is -2.35. The monoisotopic (exact) mass is 264 g/mol. The van der Waals surface area contributed by atoms with Crippen LogP contribution in [0, 0.1) is 0 Å². The first kappa shape index (κ1) is 13.9. The molecule has 18 heavy (non-hydrogen) atoms. The summed E-state index contributed by atoms with van der Waals surface area (Å²) in [4.78, 5) is 6.37. The van der Waals surface area contributed by atoms with Gasteiger partial charge in [0, 0.05) is 23.2 Å². The van der Waals surface area contributed by atoms with Gasteiger partial charge in [-0.3, -0.25) is 0 Å². The van der Waals surface area contributed by atoms with Gasteiger partial charge in [-0.15, -0.1) is 11.8 Å². The molecule has 1 aliphatic rings. The Morgan fingerprint density at radius 1 is 1.17 bits per heavy atom. The predicted octanol–water partition coefficient (Wildman–Crippen LogP) is 2.80. The molecule has 100 valence electrons. The number of likely N-dealkylation sites (tertiary alicyclic amines) is 1. The summed E-state index contributed by atoms with van der Waals surface area (Å²) < 4.78 is 0. The van der Waals surface area contributed by atoms with Gasteiger partial charge >= 0.3 is 0 Å². The minimum atomic E-state index is 0.794. The number of rotatable bonds is 5. The van der Waals surface area contributed by atoms with Crippen molar-refractivity contribution in [1.29, 1.82) is 0 Å². The lowest BCUT2D eigenvalue weighted by Crippen LogP contribution is -2.42. The van der Waals surface area contributed by atoms with Crippen molar-refractivity contribution >= 4 is 11.8 Å². The Morgan fingerprint density at radius 3 is 2.44 bits per heavy atom. The van der Waals surface area contributed by atoms with E-state index >= 15 is 0 Å². The average Bonchev–Trinajstić information content (AvgIpc) is 2.40. The minimum absolute atomic E-state index is 0.794. The predicted molar refractivity (Wildman–Crippen MR) is 80.3 cm³/mol. The van der Waals surface area contributed by atoms with E-state index in [1.54, 1.807) is 0 Å². The van der Waals surface area contributed by atoms with Gasteiger partial charge in [0.25, 0.3) is 0 Å². The van der Waals surface area contributed by atoms with Crippen molar-refractivity contribution in [3.8, 4) is 0 Å². The molecule has 0 aromatic heterocycles. The van der Waals surface area contributed by atoms with E-state index in [4.69, 9.17) is 0 Å². The summed E-state index contributed by atoms with van der Waals surface area (Å²) in [5.74, 6) is 1.21. The number of benzene rings is 1. The van der Waals surface area contributed by atoms with Crippen LogP contribution in [0.15, 0.2) is 35.2 Å². The van der Waals surface area contributed by atoms with E-state index < -0.39 is 0 Å². The molecular weight excluding hydrogens is 240 g/mol. The summed E-state index contributed by atoms with van der Waals surface area (Å²) in [6.45, 7) is 3.75. The van der Waals surface area contributed by atoms with Crippen LogP contribution in [0.2, 0.25) is 0 Å². The highest BCUT2D eigenvalue weighted by Crippen LogP contribution is 2.19. The molecule has 2 nitrogen and oxygen atoms in total. The van der Waals surface area contributed by atoms with Gasteiger partial charge in [0.15, 0.2) is 0 Å². The summed E-state index contributed by atoms with van der Waals surface area (Å²) >= 11 is 1.97. The van der Waals surface area contributed by atoms with Crippen molar-refractivity contribution in [2.75, 3.05) is 39.5 Å². The number of hydrogen-bond donors (Lipinski definition) is 0. The highest BCUT2D eigenvalue weighted by Gasteiger charge is 2.19. The fraction of sp³-hybridized carbons (Fsp3) is 0.600. The van der Waals surface area contributed by atoms with Crippen LogP contribution in [-0.4, -0.2) is 55.3 Å². The van der Waals surface area contributed by atoms with E-state index in [0.29, 0.717) is 0 Å². The molecule has 1 aliphatic heterocycles. The zero-order chi connectivity index (χ0) is 12.8. The van der Waals surface area contributed by atoms with E-state index in [0.717, 1.165) is 6.04 Å². The second-order valence-corrected chi connectivity index (χ2v) is 6.37. The van der Waals surface area contributed by atoms with Gasteiger partial charge in [0.2, 0.25) is 0 Å². The topological polar surface area (TPSA) is 6.48 Å². The Bertz CT molecular complexity index is 332. The fourth-order valence-electron chi connectivity index (χ4n) is 2.47. The minimum Gasteiger partial charge on any atom is -0.306 e. The Balaban J connectivity index is 1.64. The summed E-state index contributed by atoms with van der Waals surface area (Å²) in [6, 6.07) is 11.5. The lowest BCUT2D eigenvalue weighted by molar-refractivity contribution is 0.151. The van der Waals surface area contributed by atoms with Gasteiger partial charge < -0.3 is 9.80 Å². The molecule has 2 rings (SSSR count). The average molecular weight is 264 g/mol. The van der Waals surface area contributed by atoms with Gasteiger partial charge in [0.05, 0.1) is 0 Å². The van der Waals surface area contributed by atoms with Crippen molar-refractivity contribution < 1.29 is 0 Å². The molecule has 1 fully saturated rings. The van der Waals surface area contributed by atoms with Gasteiger partial charge in [0.1, 0.15) is 0 Å². The van der Waals surface area contributed by atoms with Crippen LogP contribution in [0.3, 0.4) is 0 Å².